The molecule has 10 heteroatoms. The third kappa shape index (κ3) is 6.75. The third-order valence-electron chi connectivity index (χ3n) is 4.15. The lowest BCUT2D eigenvalue weighted by Gasteiger charge is -2.14. The molecule has 0 aromatic heterocycles. The Hall–Kier alpha value is -3.14. The fourth-order valence-corrected chi connectivity index (χ4v) is 2.58. The Bertz CT molecular complexity index is 844. The lowest BCUT2D eigenvalue weighted by atomic mass is 10.1. The first kappa shape index (κ1) is 22.2. The van der Waals surface area contributed by atoms with Crippen molar-refractivity contribution >= 4 is 17.3 Å². The molecule has 0 aliphatic heterocycles. The average Bonchev–Trinajstić information content (AvgIpc) is 2.69. The molecule has 2 aromatic rings. The van der Waals surface area contributed by atoms with Crippen molar-refractivity contribution in [2.24, 2.45) is 0 Å². The molecule has 1 amide bonds. The summed E-state index contributed by atoms with van der Waals surface area (Å²) in [6.45, 7) is 2.27. The summed E-state index contributed by atoms with van der Waals surface area (Å²) in [6.07, 6.45) is -4.67. The molecule has 0 aliphatic carbocycles. The quantitative estimate of drug-likeness (QED) is 0.334. The maximum atomic E-state index is 12.7. The van der Waals surface area contributed by atoms with Crippen LogP contribution in [-0.2, 0) is 11.0 Å². The normalized spacial score (nSPS) is 12.3. The maximum absolute atomic E-state index is 12.7. The van der Waals surface area contributed by atoms with Crippen LogP contribution in [0.15, 0.2) is 48.5 Å². The fraction of sp³-hybridized carbons (Fsp3) is 0.316. The second kappa shape index (κ2) is 9.87. The molecule has 0 saturated carbocycles. The van der Waals surface area contributed by atoms with Crippen LogP contribution in [0.5, 0.6) is 0 Å². The second-order valence-electron chi connectivity index (χ2n) is 6.28. The SMILES string of the molecule is C[C@@H](NCC(=O)NCCNc1ccc(C(F)(F)F)cc1[N+](=O)[O-])c1ccccc1. The van der Waals surface area contributed by atoms with Crippen molar-refractivity contribution in [3.63, 3.8) is 0 Å². The molecule has 2 aromatic carbocycles. The zero-order chi connectivity index (χ0) is 21.4. The molecular weight excluding hydrogens is 389 g/mol. The van der Waals surface area contributed by atoms with Crippen molar-refractivity contribution < 1.29 is 22.9 Å². The van der Waals surface area contributed by atoms with Gasteiger partial charge in [-0.15, -0.1) is 0 Å². The van der Waals surface area contributed by atoms with Crippen molar-refractivity contribution in [3.05, 3.63) is 69.8 Å². The lowest BCUT2D eigenvalue weighted by Crippen LogP contribution is -2.37. The van der Waals surface area contributed by atoms with Crippen molar-refractivity contribution in [1.82, 2.24) is 10.6 Å². The molecular formula is C19H21F3N4O3. The summed E-state index contributed by atoms with van der Waals surface area (Å²) in [5.74, 6) is -0.267. The minimum absolute atomic E-state index is 0.0186. The molecule has 1 atom stereocenters. The van der Waals surface area contributed by atoms with Gasteiger partial charge in [0.05, 0.1) is 17.0 Å². The Labute approximate surface area is 165 Å². The second-order valence-corrected chi connectivity index (χ2v) is 6.28. The van der Waals surface area contributed by atoms with Gasteiger partial charge in [0.2, 0.25) is 5.91 Å². The zero-order valence-electron chi connectivity index (χ0n) is 15.6. The summed E-state index contributed by atoms with van der Waals surface area (Å²) in [5.41, 5.74) is -0.782. The zero-order valence-corrected chi connectivity index (χ0v) is 15.6. The van der Waals surface area contributed by atoms with Crippen LogP contribution in [0.1, 0.15) is 24.1 Å². The van der Waals surface area contributed by atoms with E-state index in [1.165, 1.54) is 0 Å². The van der Waals surface area contributed by atoms with Crippen LogP contribution in [-0.4, -0.2) is 30.5 Å². The van der Waals surface area contributed by atoms with Crippen LogP contribution < -0.4 is 16.0 Å². The molecule has 0 unspecified atom stereocenters. The van der Waals surface area contributed by atoms with Gasteiger partial charge in [0.15, 0.2) is 0 Å². The van der Waals surface area contributed by atoms with Gasteiger partial charge in [-0.25, -0.2) is 0 Å². The molecule has 0 bridgehead atoms. The molecule has 0 radical (unpaired) electrons. The van der Waals surface area contributed by atoms with Gasteiger partial charge in [-0.1, -0.05) is 30.3 Å². The highest BCUT2D eigenvalue weighted by Gasteiger charge is 2.32. The Balaban J connectivity index is 1.79. The van der Waals surface area contributed by atoms with E-state index in [0.29, 0.717) is 6.07 Å². The predicted molar refractivity (Wildman–Crippen MR) is 102 cm³/mol. The number of rotatable bonds is 9. The Morgan fingerprint density at radius 2 is 1.83 bits per heavy atom. The van der Waals surface area contributed by atoms with E-state index in [-0.39, 0.29) is 37.3 Å². The number of amides is 1. The van der Waals surface area contributed by atoms with Gasteiger partial charge in [-0.2, -0.15) is 13.2 Å². The number of hydrogen-bond acceptors (Lipinski definition) is 5. The summed E-state index contributed by atoms with van der Waals surface area (Å²) in [5, 5.41) is 19.4. The average molecular weight is 410 g/mol. The number of carbonyl (C=O) groups is 1. The van der Waals surface area contributed by atoms with E-state index in [1.807, 2.05) is 37.3 Å². The molecule has 0 fully saturated rings. The van der Waals surface area contributed by atoms with Gasteiger partial charge in [-0.3, -0.25) is 14.9 Å². The molecule has 7 nitrogen and oxygen atoms in total. The number of nitro groups is 1. The van der Waals surface area contributed by atoms with Gasteiger partial charge < -0.3 is 16.0 Å². The number of halogens is 3. The number of nitrogens with zero attached hydrogens (tertiary/aromatic N) is 1. The first-order valence-corrected chi connectivity index (χ1v) is 8.83. The Morgan fingerprint density at radius 3 is 2.45 bits per heavy atom. The first-order valence-electron chi connectivity index (χ1n) is 8.83. The number of hydrogen-bond donors (Lipinski definition) is 3. The molecule has 156 valence electrons. The van der Waals surface area contributed by atoms with Crippen LogP contribution in [0.25, 0.3) is 0 Å². The number of nitrogens with one attached hydrogen (secondary N) is 3. The van der Waals surface area contributed by atoms with E-state index < -0.39 is 22.4 Å². The van der Waals surface area contributed by atoms with Gasteiger partial charge in [0, 0.05) is 25.2 Å². The highest BCUT2D eigenvalue weighted by molar-refractivity contribution is 5.78. The number of alkyl halides is 3. The monoisotopic (exact) mass is 410 g/mol. The summed E-state index contributed by atoms with van der Waals surface area (Å²) < 4.78 is 38.1. The standard InChI is InChI=1S/C19H21F3N4O3/c1-13(14-5-3-2-4-6-14)25-12-18(27)24-10-9-23-16-8-7-15(19(20,21)22)11-17(16)26(28)29/h2-8,11,13,23,25H,9-10,12H2,1H3,(H,24,27)/t13-/m1/s1. The van der Waals surface area contributed by atoms with Gasteiger partial charge >= 0.3 is 6.18 Å². The maximum Gasteiger partial charge on any atom is 0.416 e. The largest absolute Gasteiger partial charge is 0.416 e. The smallest absolute Gasteiger partial charge is 0.378 e. The molecule has 2 rings (SSSR count). The van der Waals surface area contributed by atoms with Crippen LogP contribution in [0.3, 0.4) is 0 Å². The van der Waals surface area contributed by atoms with Crippen LogP contribution in [0.4, 0.5) is 24.5 Å². The van der Waals surface area contributed by atoms with Crippen molar-refractivity contribution in [2.45, 2.75) is 19.1 Å². The molecule has 0 spiro atoms. The Morgan fingerprint density at radius 1 is 1.14 bits per heavy atom. The van der Waals surface area contributed by atoms with Crippen LogP contribution in [0.2, 0.25) is 0 Å². The van der Waals surface area contributed by atoms with Crippen molar-refractivity contribution in [2.75, 3.05) is 25.0 Å². The first-order chi connectivity index (χ1) is 13.7. The molecule has 29 heavy (non-hydrogen) atoms. The highest BCUT2D eigenvalue weighted by Crippen LogP contribution is 2.34. The summed E-state index contributed by atoms with van der Waals surface area (Å²) in [6, 6.07) is 11.8. The van der Waals surface area contributed by atoms with Gasteiger partial charge in [-0.05, 0) is 24.6 Å². The number of carbonyl (C=O) groups excluding carboxylic acids is 1. The number of anilines is 1. The molecule has 0 heterocycles. The molecule has 0 aliphatic rings. The highest BCUT2D eigenvalue weighted by atomic mass is 19.4. The number of nitro benzene ring substituents is 1. The van der Waals surface area contributed by atoms with E-state index in [2.05, 4.69) is 16.0 Å². The number of benzene rings is 2. The van der Waals surface area contributed by atoms with E-state index in [9.17, 15) is 28.1 Å². The summed E-state index contributed by atoms with van der Waals surface area (Å²) >= 11 is 0. The van der Waals surface area contributed by atoms with Crippen molar-refractivity contribution in [1.29, 1.82) is 0 Å². The van der Waals surface area contributed by atoms with E-state index >= 15 is 0 Å². The van der Waals surface area contributed by atoms with E-state index in [0.717, 1.165) is 17.7 Å². The van der Waals surface area contributed by atoms with Crippen LogP contribution >= 0.6 is 0 Å². The van der Waals surface area contributed by atoms with E-state index in [1.54, 1.807) is 0 Å². The van der Waals surface area contributed by atoms with E-state index in [4.69, 9.17) is 0 Å². The molecule has 0 saturated heterocycles. The Kier molecular flexibility index (Phi) is 7.54. The predicted octanol–water partition coefficient (Wildman–Crippen LogP) is 3.49. The van der Waals surface area contributed by atoms with Crippen LogP contribution in [0, 0.1) is 10.1 Å². The fourth-order valence-electron chi connectivity index (χ4n) is 2.58. The summed E-state index contributed by atoms with van der Waals surface area (Å²) in [7, 11) is 0. The van der Waals surface area contributed by atoms with Crippen molar-refractivity contribution in [3.8, 4) is 0 Å². The minimum atomic E-state index is -4.67. The minimum Gasteiger partial charge on any atom is -0.378 e. The van der Waals surface area contributed by atoms with Gasteiger partial charge in [0.25, 0.3) is 5.69 Å². The topological polar surface area (TPSA) is 96.3 Å². The molecule has 3 N–H and O–H groups in total. The van der Waals surface area contributed by atoms with Gasteiger partial charge in [0.1, 0.15) is 5.69 Å². The third-order valence-corrected chi connectivity index (χ3v) is 4.15. The lowest BCUT2D eigenvalue weighted by molar-refractivity contribution is -0.384. The summed E-state index contributed by atoms with van der Waals surface area (Å²) in [4.78, 5) is 22.0.